The van der Waals surface area contributed by atoms with Gasteiger partial charge in [0.1, 0.15) is 10.5 Å². The minimum atomic E-state index is -0.405. The zero-order chi connectivity index (χ0) is 21.8. The van der Waals surface area contributed by atoms with E-state index in [-0.39, 0.29) is 17.1 Å². The van der Waals surface area contributed by atoms with Crippen molar-refractivity contribution in [2.45, 2.75) is 27.2 Å². The number of amides is 2. The van der Waals surface area contributed by atoms with Crippen LogP contribution in [0.25, 0.3) is 5.52 Å². The van der Waals surface area contributed by atoms with Gasteiger partial charge in [-0.05, 0) is 48.9 Å². The van der Waals surface area contributed by atoms with Crippen molar-refractivity contribution in [1.29, 1.82) is 0 Å². The first-order valence-electron chi connectivity index (χ1n) is 10.3. The summed E-state index contributed by atoms with van der Waals surface area (Å²) in [7, 11) is 0. The van der Waals surface area contributed by atoms with Gasteiger partial charge in [0.2, 0.25) is 11.8 Å². The summed E-state index contributed by atoms with van der Waals surface area (Å²) in [5.41, 5.74) is 5.51. The molecule has 0 fully saturated rings. The Morgan fingerprint density at radius 3 is 2.00 bits per heavy atom. The number of thioether (sulfide) groups is 2. The number of para-hydroxylation sites is 2. The van der Waals surface area contributed by atoms with E-state index in [1.54, 1.807) is 23.5 Å². The van der Waals surface area contributed by atoms with Crippen molar-refractivity contribution in [1.82, 2.24) is 4.40 Å². The van der Waals surface area contributed by atoms with Crippen LogP contribution in [0.15, 0.2) is 82.7 Å². The van der Waals surface area contributed by atoms with Crippen molar-refractivity contribution in [2.75, 3.05) is 10.6 Å². The second-order valence-electron chi connectivity index (χ2n) is 7.85. The van der Waals surface area contributed by atoms with Gasteiger partial charge in [-0.25, -0.2) is 0 Å². The molecule has 0 spiro atoms. The van der Waals surface area contributed by atoms with Crippen LogP contribution in [0, 0.1) is 6.92 Å². The number of hydrogen-bond acceptors (Lipinski definition) is 4. The fourth-order valence-corrected chi connectivity index (χ4v) is 6.97. The van der Waals surface area contributed by atoms with Gasteiger partial charge in [0.25, 0.3) is 0 Å². The van der Waals surface area contributed by atoms with Crippen LogP contribution in [0.4, 0.5) is 11.4 Å². The highest BCUT2D eigenvalue weighted by molar-refractivity contribution is 8.00. The summed E-state index contributed by atoms with van der Waals surface area (Å²) in [4.78, 5) is 28.4. The molecule has 5 nitrogen and oxygen atoms in total. The summed E-state index contributed by atoms with van der Waals surface area (Å²) in [6, 6.07) is 21.7. The first kappa shape index (κ1) is 19.5. The maximum Gasteiger partial charge on any atom is 0.243 e. The predicted octanol–water partition coefficient (Wildman–Crippen LogP) is 5.82. The van der Waals surface area contributed by atoms with E-state index in [0.717, 1.165) is 43.5 Å². The van der Waals surface area contributed by atoms with Gasteiger partial charge in [0.15, 0.2) is 0 Å². The number of carbonyl (C=O) groups excluding carboxylic acids is 2. The van der Waals surface area contributed by atoms with E-state index >= 15 is 0 Å². The van der Waals surface area contributed by atoms with Crippen LogP contribution >= 0.6 is 23.5 Å². The highest BCUT2D eigenvalue weighted by Crippen LogP contribution is 2.50. The van der Waals surface area contributed by atoms with Crippen LogP contribution in [0.1, 0.15) is 27.3 Å². The number of rotatable bonds is 2. The molecule has 0 saturated carbocycles. The molecule has 2 aliphatic rings. The third-order valence-electron chi connectivity index (χ3n) is 5.95. The van der Waals surface area contributed by atoms with Crippen LogP contribution in [0.5, 0.6) is 0 Å². The lowest BCUT2D eigenvalue weighted by atomic mass is 10.0. The summed E-state index contributed by atoms with van der Waals surface area (Å²) in [5.74, 6) is -0.0801. The van der Waals surface area contributed by atoms with Crippen LogP contribution in [0.3, 0.4) is 0 Å². The van der Waals surface area contributed by atoms with Crippen LogP contribution < -0.4 is 10.6 Å². The van der Waals surface area contributed by atoms with Gasteiger partial charge in [0.05, 0.1) is 16.9 Å². The molecule has 2 amide bonds. The Hall–Kier alpha value is -3.16. The molecular weight excluding hydrogens is 438 g/mol. The lowest BCUT2D eigenvalue weighted by Gasteiger charge is -2.25. The summed E-state index contributed by atoms with van der Waals surface area (Å²) in [6.45, 7) is 2.03. The van der Waals surface area contributed by atoms with Crippen molar-refractivity contribution >= 4 is 52.2 Å². The predicted molar refractivity (Wildman–Crippen MR) is 129 cm³/mol. The topological polar surface area (TPSA) is 62.6 Å². The van der Waals surface area contributed by atoms with Crippen molar-refractivity contribution in [3.05, 3.63) is 89.7 Å². The number of nitrogens with zero attached hydrogens (tertiary/aromatic N) is 1. The maximum absolute atomic E-state index is 13.1. The molecular formula is C25H19N3O2S2. The highest BCUT2D eigenvalue weighted by Gasteiger charge is 2.37. The Morgan fingerprint density at radius 2 is 1.31 bits per heavy atom. The number of anilines is 2. The molecule has 0 bridgehead atoms. The van der Waals surface area contributed by atoms with Crippen molar-refractivity contribution in [3.8, 4) is 0 Å². The highest BCUT2D eigenvalue weighted by atomic mass is 32.2. The zero-order valence-electron chi connectivity index (χ0n) is 17.2. The van der Waals surface area contributed by atoms with E-state index in [9.17, 15) is 9.59 Å². The normalized spacial score (nSPS) is 19.8. The molecule has 4 aromatic rings. The molecule has 2 aliphatic heterocycles. The molecule has 2 aromatic heterocycles. The largest absolute Gasteiger partial charge is 0.324 e. The zero-order valence-corrected chi connectivity index (χ0v) is 18.8. The van der Waals surface area contributed by atoms with Gasteiger partial charge in [-0.1, -0.05) is 30.3 Å². The SMILES string of the molecule is Cc1c([C@H]2Sc3ccccc3NC2=O)c2ccccn2c1[C@@H]1Sc2ccccc2NC1=O. The van der Waals surface area contributed by atoms with Gasteiger partial charge in [-0.15, -0.1) is 23.5 Å². The number of fused-ring (bicyclic) bond motifs is 3. The van der Waals surface area contributed by atoms with Gasteiger partial charge >= 0.3 is 0 Å². The Labute approximate surface area is 193 Å². The molecule has 158 valence electrons. The summed E-state index contributed by atoms with van der Waals surface area (Å²) in [6.07, 6.45) is 1.98. The first-order valence-corrected chi connectivity index (χ1v) is 12.1. The second-order valence-corrected chi connectivity index (χ2v) is 10.1. The van der Waals surface area contributed by atoms with Crippen molar-refractivity contribution < 1.29 is 9.59 Å². The van der Waals surface area contributed by atoms with E-state index in [4.69, 9.17) is 0 Å². The molecule has 32 heavy (non-hydrogen) atoms. The van der Waals surface area contributed by atoms with Gasteiger partial charge < -0.3 is 15.0 Å². The molecule has 2 aromatic carbocycles. The van der Waals surface area contributed by atoms with Crippen LogP contribution in [0.2, 0.25) is 0 Å². The third kappa shape index (κ3) is 2.96. The van der Waals surface area contributed by atoms with Crippen molar-refractivity contribution in [3.63, 3.8) is 0 Å². The molecule has 0 aliphatic carbocycles. The average molecular weight is 458 g/mol. The number of carbonyl (C=O) groups is 2. The first-order chi connectivity index (χ1) is 15.6. The number of pyridine rings is 1. The number of aromatic nitrogens is 1. The number of nitrogens with one attached hydrogen (secondary N) is 2. The van der Waals surface area contributed by atoms with E-state index in [1.165, 1.54) is 0 Å². The quantitative estimate of drug-likeness (QED) is 0.398. The standard InChI is InChI=1S/C25H19N3O2S2/c1-14-20(22-24(29)26-15-8-2-4-11-18(15)31-22)17-10-6-7-13-28(17)21(14)23-25(30)27-16-9-3-5-12-19(16)32-23/h2-13,22-23H,1H3,(H,26,29)(H,27,30)/t22-,23+/m1/s1. The Balaban J connectivity index is 1.50. The van der Waals surface area contributed by atoms with Gasteiger partial charge in [0, 0.05) is 27.2 Å². The Kier molecular flexibility index (Phi) is 4.55. The molecule has 4 heterocycles. The molecule has 6 rings (SSSR count). The monoisotopic (exact) mass is 457 g/mol. The summed E-state index contributed by atoms with van der Waals surface area (Å²) in [5, 5.41) is 5.32. The fourth-order valence-electron chi connectivity index (χ4n) is 4.51. The molecule has 0 saturated heterocycles. The minimum absolute atomic E-state index is 0.0363. The van der Waals surface area contributed by atoms with E-state index < -0.39 is 5.25 Å². The Bertz CT molecular complexity index is 1310. The summed E-state index contributed by atoms with van der Waals surface area (Å²) < 4.78 is 2.07. The third-order valence-corrected chi connectivity index (χ3v) is 8.53. The van der Waals surface area contributed by atoms with Gasteiger partial charge in [-0.2, -0.15) is 0 Å². The summed E-state index contributed by atoms with van der Waals surface area (Å²) >= 11 is 3.12. The number of benzene rings is 2. The van der Waals surface area contributed by atoms with Crippen LogP contribution in [-0.4, -0.2) is 16.2 Å². The van der Waals surface area contributed by atoms with E-state index in [0.29, 0.717) is 0 Å². The van der Waals surface area contributed by atoms with E-state index in [1.807, 2.05) is 79.9 Å². The molecule has 2 N–H and O–H groups in total. The van der Waals surface area contributed by atoms with Crippen LogP contribution in [-0.2, 0) is 9.59 Å². The lowest BCUT2D eigenvalue weighted by molar-refractivity contribution is -0.116. The Morgan fingerprint density at radius 1 is 0.750 bits per heavy atom. The van der Waals surface area contributed by atoms with Gasteiger partial charge in [-0.3, -0.25) is 9.59 Å². The molecule has 2 atom stereocenters. The minimum Gasteiger partial charge on any atom is -0.324 e. The molecule has 0 unspecified atom stereocenters. The molecule has 0 radical (unpaired) electrons. The maximum atomic E-state index is 13.1. The van der Waals surface area contributed by atoms with E-state index in [2.05, 4.69) is 15.0 Å². The number of hydrogen-bond donors (Lipinski definition) is 2. The average Bonchev–Trinajstić information content (AvgIpc) is 3.09. The van der Waals surface area contributed by atoms with Crippen molar-refractivity contribution in [2.24, 2.45) is 0 Å². The fraction of sp³-hybridized carbons (Fsp3) is 0.120. The lowest BCUT2D eigenvalue weighted by Crippen LogP contribution is -2.25. The second kappa shape index (κ2) is 7.46. The molecule has 7 heteroatoms. The smallest absolute Gasteiger partial charge is 0.243 e.